The molecule has 0 radical (unpaired) electrons. The summed E-state index contributed by atoms with van der Waals surface area (Å²) in [5, 5.41) is 4.77. The highest BCUT2D eigenvalue weighted by molar-refractivity contribution is 5.87. The molecule has 180 valence electrons. The molecule has 3 heterocycles. The number of halogens is 2. The molecule has 35 heavy (non-hydrogen) atoms. The van der Waals surface area contributed by atoms with E-state index in [0.29, 0.717) is 41.4 Å². The lowest BCUT2D eigenvalue weighted by Gasteiger charge is -2.32. The van der Waals surface area contributed by atoms with E-state index in [2.05, 4.69) is 34.3 Å². The lowest BCUT2D eigenvalue weighted by molar-refractivity contribution is -0.133. The van der Waals surface area contributed by atoms with Crippen LogP contribution in [0.2, 0.25) is 0 Å². The van der Waals surface area contributed by atoms with Gasteiger partial charge in [0.05, 0.1) is 16.8 Å². The molecule has 0 aliphatic carbocycles. The number of amides is 1. The molecule has 2 aromatic carbocycles. The fraction of sp³-hybridized carbons (Fsp3) is 0.321. The molecule has 1 saturated heterocycles. The number of hydrogen-bond acceptors (Lipinski definition) is 3. The number of pyridine rings is 1. The van der Waals surface area contributed by atoms with Gasteiger partial charge in [-0.1, -0.05) is 60.7 Å². The van der Waals surface area contributed by atoms with Crippen LogP contribution < -0.4 is 0 Å². The molecule has 0 bridgehead atoms. The summed E-state index contributed by atoms with van der Waals surface area (Å²) in [5.41, 5.74) is 3.19. The van der Waals surface area contributed by atoms with Crippen molar-refractivity contribution in [3.05, 3.63) is 83.6 Å². The Bertz CT molecular complexity index is 1310. The maximum Gasteiger partial charge on any atom is 0.264 e. The van der Waals surface area contributed by atoms with E-state index >= 15 is 0 Å². The second-order valence-corrected chi connectivity index (χ2v) is 9.22. The molecule has 5 nitrogen and oxygen atoms in total. The van der Waals surface area contributed by atoms with E-state index in [1.165, 1.54) is 16.3 Å². The first kappa shape index (κ1) is 23.1. The molecule has 4 aromatic rings. The minimum absolute atomic E-state index is 0.0123. The van der Waals surface area contributed by atoms with Crippen LogP contribution in [0.1, 0.15) is 36.1 Å². The van der Waals surface area contributed by atoms with Crippen molar-refractivity contribution in [2.45, 2.75) is 39.2 Å². The first-order chi connectivity index (χ1) is 17.0. The molecule has 0 spiro atoms. The van der Waals surface area contributed by atoms with Crippen molar-refractivity contribution in [1.29, 1.82) is 0 Å². The largest absolute Gasteiger partial charge is 0.341 e. The fourth-order valence-corrected chi connectivity index (χ4v) is 4.99. The van der Waals surface area contributed by atoms with E-state index in [-0.39, 0.29) is 18.0 Å². The predicted molar refractivity (Wildman–Crippen MR) is 132 cm³/mol. The molecule has 0 unspecified atom stereocenters. The number of benzene rings is 2. The summed E-state index contributed by atoms with van der Waals surface area (Å²) >= 11 is 0. The van der Waals surface area contributed by atoms with Gasteiger partial charge in [-0.25, -0.2) is 18.4 Å². The number of aromatic nitrogens is 3. The van der Waals surface area contributed by atoms with Crippen molar-refractivity contribution in [1.82, 2.24) is 19.7 Å². The molecular formula is C28H28F2N4O. The topological polar surface area (TPSA) is 51.0 Å². The van der Waals surface area contributed by atoms with Crippen molar-refractivity contribution in [3.8, 4) is 11.3 Å². The van der Waals surface area contributed by atoms with Crippen LogP contribution in [0.4, 0.5) is 8.78 Å². The van der Waals surface area contributed by atoms with Crippen LogP contribution in [0.5, 0.6) is 0 Å². The van der Waals surface area contributed by atoms with Crippen LogP contribution in [-0.4, -0.2) is 38.7 Å². The summed E-state index contributed by atoms with van der Waals surface area (Å²) < 4.78 is 29.5. The molecule has 0 N–H and O–H groups in total. The number of aryl methyl sites for hydroxylation is 1. The SMILES string of the molecule is Cc1nn(CC(=O)N2CCC(Cc3ccccc3)CC2)c2nc(-c3ccccc3)cc(C(F)F)c12. The van der Waals surface area contributed by atoms with Crippen LogP contribution in [-0.2, 0) is 17.8 Å². The molecule has 0 atom stereocenters. The zero-order chi connectivity index (χ0) is 24.4. The highest BCUT2D eigenvalue weighted by atomic mass is 19.3. The molecule has 1 amide bonds. The third-order valence-corrected chi connectivity index (χ3v) is 6.83. The van der Waals surface area contributed by atoms with Gasteiger partial charge in [0.25, 0.3) is 6.43 Å². The van der Waals surface area contributed by atoms with E-state index in [4.69, 9.17) is 0 Å². The number of likely N-dealkylation sites (tertiary alicyclic amines) is 1. The maximum absolute atomic E-state index is 14.0. The Labute approximate surface area is 203 Å². The molecule has 1 fully saturated rings. The molecule has 7 heteroatoms. The zero-order valence-electron chi connectivity index (χ0n) is 19.7. The average Bonchev–Trinajstić information content (AvgIpc) is 3.19. The summed E-state index contributed by atoms with van der Waals surface area (Å²) in [6.07, 6.45) is 0.254. The number of hydrogen-bond donors (Lipinski definition) is 0. The van der Waals surface area contributed by atoms with Gasteiger partial charge in [0.2, 0.25) is 5.91 Å². The summed E-state index contributed by atoms with van der Waals surface area (Å²) in [4.78, 5) is 19.7. The summed E-state index contributed by atoms with van der Waals surface area (Å²) in [5.74, 6) is 0.496. The molecule has 1 aliphatic rings. The summed E-state index contributed by atoms with van der Waals surface area (Å²) in [6.45, 7) is 3.06. The summed E-state index contributed by atoms with van der Waals surface area (Å²) in [7, 11) is 0. The minimum Gasteiger partial charge on any atom is -0.341 e. The Morgan fingerprint density at radius 2 is 1.69 bits per heavy atom. The van der Waals surface area contributed by atoms with Crippen LogP contribution in [0.3, 0.4) is 0 Å². The Hall–Kier alpha value is -3.61. The van der Waals surface area contributed by atoms with Crippen molar-refractivity contribution in [3.63, 3.8) is 0 Å². The standard InChI is InChI=1S/C28H28F2N4O/c1-19-26-23(27(29)30)17-24(22-10-6-3-7-11-22)31-28(26)34(32-19)18-25(35)33-14-12-21(13-15-33)16-20-8-4-2-5-9-20/h2-11,17,21,27H,12-16,18H2,1H3. The maximum atomic E-state index is 14.0. The number of nitrogens with zero attached hydrogens (tertiary/aromatic N) is 4. The molecule has 5 rings (SSSR count). The van der Waals surface area contributed by atoms with E-state index in [0.717, 1.165) is 24.8 Å². The van der Waals surface area contributed by atoms with Crippen LogP contribution in [0, 0.1) is 12.8 Å². The predicted octanol–water partition coefficient (Wildman–Crippen LogP) is 5.83. The lowest BCUT2D eigenvalue weighted by Crippen LogP contribution is -2.40. The Morgan fingerprint density at radius 3 is 2.34 bits per heavy atom. The zero-order valence-corrected chi connectivity index (χ0v) is 19.7. The normalized spacial score (nSPS) is 14.7. The molecular weight excluding hydrogens is 446 g/mol. The van der Waals surface area contributed by atoms with Crippen molar-refractivity contribution < 1.29 is 13.6 Å². The molecule has 1 aliphatic heterocycles. The third-order valence-electron chi connectivity index (χ3n) is 6.83. The second-order valence-electron chi connectivity index (χ2n) is 9.22. The molecule has 0 saturated carbocycles. The van der Waals surface area contributed by atoms with Crippen molar-refractivity contribution in [2.24, 2.45) is 5.92 Å². The Kier molecular flexibility index (Phi) is 6.57. The quantitative estimate of drug-likeness (QED) is 0.354. The van der Waals surface area contributed by atoms with Crippen molar-refractivity contribution >= 4 is 16.9 Å². The highest BCUT2D eigenvalue weighted by Gasteiger charge is 2.26. The van der Waals surface area contributed by atoms with E-state index in [1.54, 1.807) is 6.92 Å². The van der Waals surface area contributed by atoms with Gasteiger partial charge in [0.15, 0.2) is 5.65 Å². The van der Waals surface area contributed by atoms with Gasteiger partial charge in [-0.2, -0.15) is 5.10 Å². The summed E-state index contributed by atoms with van der Waals surface area (Å²) in [6, 6.07) is 21.1. The average molecular weight is 475 g/mol. The number of rotatable bonds is 6. The number of carbonyl (C=O) groups is 1. The smallest absolute Gasteiger partial charge is 0.264 e. The fourth-order valence-electron chi connectivity index (χ4n) is 4.99. The number of alkyl halides is 2. The third kappa shape index (κ3) is 4.94. The molecule has 2 aromatic heterocycles. The van der Waals surface area contributed by atoms with E-state index < -0.39 is 6.43 Å². The van der Waals surface area contributed by atoms with Gasteiger partial charge in [0.1, 0.15) is 6.54 Å². The highest BCUT2D eigenvalue weighted by Crippen LogP contribution is 2.33. The Morgan fingerprint density at radius 1 is 1.03 bits per heavy atom. The van der Waals surface area contributed by atoms with Crippen molar-refractivity contribution in [2.75, 3.05) is 13.1 Å². The van der Waals surface area contributed by atoms with E-state index in [9.17, 15) is 13.6 Å². The Balaban J connectivity index is 1.35. The van der Waals surface area contributed by atoms with Gasteiger partial charge < -0.3 is 4.90 Å². The lowest BCUT2D eigenvalue weighted by atomic mass is 9.90. The van der Waals surface area contributed by atoms with Gasteiger partial charge in [-0.05, 0) is 43.7 Å². The number of carbonyl (C=O) groups excluding carboxylic acids is 1. The first-order valence-corrected chi connectivity index (χ1v) is 12.0. The van der Waals surface area contributed by atoms with Crippen LogP contribution in [0.25, 0.3) is 22.3 Å². The monoisotopic (exact) mass is 474 g/mol. The first-order valence-electron chi connectivity index (χ1n) is 12.0. The minimum atomic E-state index is -2.67. The van der Waals surface area contributed by atoms with Crippen LogP contribution in [0.15, 0.2) is 66.7 Å². The van der Waals surface area contributed by atoms with Gasteiger partial charge >= 0.3 is 0 Å². The number of piperidine rings is 1. The van der Waals surface area contributed by atoms with Gasteiger partial charge in [0, 0.05) is 24.2 Å². The van der Waals surface area contributed by atoms with Gasteiger partial charge in [-0.3, -0.25) is 4.79 Å². The van der Waals surface area contributed by atoms with E-state index in [1.807, 2.05) is 41.3 Å². The van der Waals surface area contributed by atoms with Gasteiger partial charge in [-0.15, -0.1) is 0 Å². The van der Waals surface area contributed by atoms with Crippen LogP contribution >= 0.6 is 0 Å². The second kappa shape index (κ2) is 9.94. The number of fused-ring (bicyclic) bond motifs is 1.